The molecule has 2 atom stereocenters. The first-order valence-corrected chi connectivity index (χ1v) is 8.66. The number of hydrogen-bond acceptors (Lipinski definition) is 4. The molecule has 0 bridgehead atoms. The van der Waals surface area contributed by atoms with Crippen LogP contribution in [-0.2, 0) is 0 Å². The molecule has 4 nitrogen and oxygen atoms in total. The Morgan fingerprint density at radius 2 is 1.91 bits per heavy atom. The van der Waals surface area contributed by atoms with E-state index < -0.39 is 0 Å². The standard InChI is InChI=1S/C18H28N4/c1-14-5-3-6-15(2)17(14)13-21-16-7-11-22(12-8-16)18-19-9-4-10-20-18/h4-5,9-10,15-17,21H,3,6-8,11-13H2,1-2H3/t15-,17+/m0/s1. The molecule has 0 amide bonds. The lowest BCUT2D eigenvalue weighted by molar-refractivity contribution is 0.317. The predicted molar refractivity (Wildman–Crippen MR) is 90.9 cm³/mol. The third-order valence-electron chi connectivity index (χ3n) is 5.32. The van der Waals surface area contributed by atoms with Crippen LogP contribution in [0.5, 0.6) is 0 Å². The van der Waals surface area contributed by atoms with Gasteiger partial charge in [-0.2, -0.15) is 0 Å². The molecule has 2 heterocycles. The van der Waals surface area contributed by atoms with Gasteiger partial charge in [0.05, 0.1) is 0 Å². The van der Waals surface area contributed by atoms with E-state index in [0.717, 1.165) is 37.4 Å². The smallest absolute Gasteiger partial charge is 0.225 e. The summed E-state index contributed by atoms with van der Waals surface area (Å²) in [6, 6.07) is 2.51. The molecule has 4 heteroatoms. The summed E-state index contributed by atoms with van der Waals surface area (Å²) in [6.07, 6.45) is 11.1. The molecule has 1 aromatic rings. The molecule has 2 aliphatic rings. The van der Waals surface area contributed by atoms with Crippen molar-refractivity contribution >= 4 is 5.95 Å². The fourth-order valence-corrected chi connectivity index (χ4v) is 3.77. The Morgan fingerprint density at radius 1 is 1.18 bits per heavy atom. The number of rotatable bonds is 4. The lowest BCUT2D eigenvalue weighted by atomic mass is 9.80. The molecule has 0 spiro atoms. The molecule has 1 N–H and O–H groups in total. The molecule has 22 heavy (non-hydrogen) atoms. The van der Waals surface area contributed by atoms with Gasteiger partial charge in [-0.3, -0.25) is 0 Å². The van der Waals surface area contributed by atoms with Gasteiger partial charge in [0.15, 0.2) is 0 Å². The molecule has 0 aromatic carbocycles. The SMILES string of the molecule is CC1=CCC[C@H](C)[C@@H]1CNC1CCN(c2ncccn2)CC1. The minimum atomic E-state index is 0.641. The summed E-state index contributed by atoms with van der Waals surface area (Å²) >= 11 is 0. The van der Waals surface area contributed by atoms with E-state index in [2.05, 4.69) is 40.1 Å². The molecular weight excluding hydrogens is 272 g/mol. The number of piperidine rings is 1. The van der Waals surface area contributed by atoms with Crippen molar-refractivity contribution in [2.75, 3.05) is 24.5 Å². The minimum Gasteiger partial charge on any atom is -0.341 e. The van der Waals surface area contributed by atoms with Crippen LogP contribution in [0.25, 0.3) is 0 Å². The second-order valence-corrected chi connectivity index (χ2v) is 6.83. The largest absolute Gasteiger partial charge is 0.341 e. The second kappa shape index (κ2) is 7.23. The van der Waals surface area contributed by atoms with Crippen molar-refractivity contribution in [3.8, 4) is 0 Å². The average molecular weight is 300 g/mol. The number of hydrogen-bond donors (Lipinski definition) is 1. The van der Waals surface area contributed by atoms with Crippen LogP contribution in [-0.4, -0.2) is 35.6 Å². The van der Waals surface area contributed by atoms with Crippen molar-refractivity contribution in [3.63, 3.8) is 0 Å². The fraction of sp³-hybridized carbons (Fsp3) is 0.667. The van der Waals surface area contributed by atoms with Gasteiger partial charge in [-0.1, -0.05) is 18.6 Å². The molecule has 0 radical (unpaired) electrons. The average Bonchev–Trinajstić information content (AvgIpc) is 2.56. The summed E-state index contributed by atoms with van der Waals surface area (Å²) in [6.45, 7) is 7.94. The van der Waals surface area contributed by atoms with Gasteiger partial charge in [0.2, 0.25) is 5.95 Å². The third-order valence-corrected chi connectivity index (χ3v) is 5.32. The summed E-state index contributed by atoms with van der Waals surface area (Å²) in [4.78, 5) is 11.0. The summed E-state index contributed by atoms with van der Waals surface area (Å²) in [5, 5.41) is 3.82. The van der Waals surface area contributed by atoms with Gasteiger partial charge in [0.25, 0.3) is 0 Å². The van der Waals surface area contributed by atoms with E-state index >= 15 is 0 Å². The van der Waals surface area contributed by atoms with Gasteiger partial charge >= 0.3 is 0 Å². The van der Waals surface area contributed by atoms with Crippen LogP contribution in [0.15, 0.2) is 30.1 Å². The van der Waals surface area contributed by atoms with E-state index in [0.29, 0.717) is 6.04 Å². The maximum absolute atomic E-state index is 4.35. The lowest BCUT2D eigenvalue weighted by Crippen LogP contribution is -2.45. The Morgan fingerprint density at radius 3 is 2.59 bits per heavy atom. The van der Waals surface area contributed by atoms with Crippen molar-refractivity contribution in [2.45, 2.75) is 45.6 Å². The predicted octanol–water partition coefficient (Wildman–Crippen LogP) is 3.03. The normalized spacial score (nSPS) is 26.8. The van der Waals surface area contributed by atoms with Crippen molar-refractivity contribution in [3.05, 3.63) is 30.1 Å². The minimum absolute atomic E-state index is 0.641. The summed E-state index contributed by atoms with van der Waals surface area (Å²) in [7, 11) is 0. The summed E-state index contributed by atoms with van der Waals surface area (Å²) in [5.41, 5.74) is 1.58. The van der Waals surface area contributed by atoms with Crippen LogP contribution in [0.2, 0.25) is 0 Å². The van der Waals surface area contributed by atoms with E-state index in [1.807, 2.05) is 18.5 Å². The molecule has 1 aromatic heterocycles. The molecule has 3 rings (SSSR count). The maximum atomic E-state index is 4.35. The number of allylic oxidation sites excluding steroid dienone is 1. The molecule has 120 valence electrons. The van der Waals surface area contributed by atoms with E-state index in [1.165, 1.54) is 25.7 Å². The van der Waals surface area contributed by atoms with Crippen molar-refractivity contribution < 1.29 is 0 Å². The zero-order valence-electron chi connectivity index (χ0n) is 13.8. The Balaban J connectivity index is 1.46. The second-order valence-electron chi connectivity index (χ2n) is 6.83. The number of nitrogens with zero attached hydrogens (tertiary/aromatic N) is 3. The van der Waals surface area contributed by atoms with Gasteiger partial charge in [-0.25, -0.2) is 9.97 Å². The van der Waals surface area contributed by atoms with Crippen LogP contribution in [0.1, 0.15) is 39.5 Å². The summed E-state index contributed by atoms with van der Waals surface area (Å²) < 4.78 is 0. The molecule has 1 fully saturated rings. The molecular formula is C18H28N4. The van der Waals surface area contributed by atoms with Crippen molar-refractivity contribution in [1.82, 2.24) is 15.3 Å². The maximum Gasteiger partial charge on any atom is 0.225 e. The van der Waals surface area contributed by atoms with E-state index in [-0.39, 0.29) is 0 Å². The van der Waals surface area contributed by atoms with Crippen LogP contribution < -0.4 is 10.2 Å². The summed E-state index contributed by atoms with van der Waals surface area (Å²) in [5.74, 6) is 2.42. The Bertz CT molecular complexity index is 491. The Labute approximate surface area is 134 Å². The number of aromatic nitrogens is 2. The van der Waals surface area contributed by atoms with Crippen LogP contribution in [0.3, 0.4) is 0 Å². The van der Waals surface area contributed by atoms with E-state index in [1.54, 1.807) is 5.57 Å². The third kappa shape index (κ3) is 3.67. The number of nitrogens with one attached hydrogen (secondary N) is 1. The monoisotopic (exact) mass is 300 g/mol. The van der Waals surface area contributed by atoms with E-state index in [9.17, 15) is 0 Å². The van der Waals surface area contributed by atoms with Crippen molar-refractivity contribution in [2.24, 2.45) is 11.8 Å². The molecule has 1 aliphatic carbocycles. The molecule has 0 saturated carbocycles. The molecule has 1 saturated heterocycles. The molecule has 0 unspecified atom stereocenters. The van der Waals surface area contributed by atoms with Gasteiger partial charge in [-0.15, -0.1) is 0 Å². The highest BCUT2D eigenvalue weighted by Crippen LogP contribution is 2.29. The highest BCUT2D eigenvalue weighted by molar-refractivity contribution is 5.29. The van der Waals surface area contributed by atoms with Gasteiger partial charge in [0.1, 0.15) is 0 Å². The fourth-order valence-electron chi connectivity index (χ4n) is 3.77. The highest BCUT2D eigenvalue weighted by atomic mass is 15.3. The quantitative estimate of drug-likeness (QED) is 0.868. The number of anilines is 1. The first-order chi connectivity index (χ1) is 10.7. The van der Waals surface area contributed by atoms with Crippen LogP contribution in [0, 0.1) is 11.8 Å². The Hall–Kier alpha value is -1.42. The topological polar surface area (TPSA) is 41.0 Å². The highest BCUT2D eigenvalue weighted by Gasteiger charge is 2.25. The Kier molecular flexibility index (Phi) is 5.08. The van der Waals surface area contributed by atoms with Gasteiger partial charge in [0, 0.05) is 38.1 Å². The zero-order chi connectivity index (χ0) is 15.4. The van der Waals surface area contributed by atoms with Crippen molar-refractivity contribution in [1.29, 1.82) is 0 Å². The zero-order valence-corrected chi connectivity index (χ0v) is 13.8. The van der Waals surface area contributed by atoms with Crippen LogP contribution >= 0.6 is 0 Å². The first kappa shape index (κ1) is 15.5. The lowest BCUT2D eigenvalue weighted by Gasteiger charge is -2.35. The van der Waals surface area contributed by atoms with E-state index in [4.69, 9.17) is 0 Å². The molecule has 1 aliphatic heterocycles. The van der Waals surface area contributed by atoms with Crippen LogP contribution in [0.4, 0.5) is 5.95 Å². The first-order valence-electron chi connectivity index (χ1n) is 8.66. The van der Waals surface area contributed by atoms with Gasteiger partial charge < -0.3 is 10.2 Å². The van der Waals surface area contributed by atoms with Gasteiger partial charge in [-0.05, 0) is 50.5 Å².